The summed E-state index contributed by atoms with van der Waals surface area (Å²) in [6.07, 6.45) is 1.57. The van der Waals surface area contributed by atoms with Gasteiger partial charge in [0.25, 0.3) is 0 Å². The summed E-state index contributed by atoms with van der Waals surface area (Å²) in [7, 11) is 1.55. The fourth-order valence-electron chi connectivity index (χ4n) is 1.54. The minimum Gasteiger partial charge on any atom is -0.481 e. The van der Waals surface area contributed by atoms with Crippen LogP contribution in [-0.2, 0) is 11.3 Å². The lowest BCUT2D eigenvalue weighted by atomic mass is 10.2. The lowest BCUT2D eigenvalue weighted by Crippen LogP contribution is -2.38. The molecule has 0 bridgehead atoms. The lowest BCUT2D eigenvalue weighted by Gasteiger charge is -2.17. The third-order valence-corrected chi connectivity index (χ3v) is 2.61. The van der Waals surface area contributed by atoms with E-state index in [4.69, 9.17) is 9.84 Å². The summed E-state index contributed by atoms with van der Waals surface area (Å²) in [6.45, 7) is 4.31. The fraction of sp³-hybridized carbons (Fsp3) is 0.500. The Hall–Kier alpha value is -2.31. The number of amides is 2. The average molecular weight is 295 g/mol. The van der Waals surface area contributed by atoms with Crippen LogP contribution in [0.1, 0.15) is 25.8 Å². The van der Waals surface area contributed by atoms with Gasteiger partial charge in [0, 0.05) is 32.4 Å². The molecule has 1 heterocycles. The number of nitrogens with one attached hydrogen (secondary N) is 1. The van der Waals surface area contributed by atoms with Gasteiger partial charge in [0.2, 0.25) is 5.88 Å². The number of nitrogens with zero attached hydrogens (tertiary/aromatic N) is 2. The van der Waals surface area contributed by atoms with Gasteiger partial charge < -0.3 is 20.1 Å². The van der Waals surface area contributed by atoms with Crippen molar-refractivity contribution >= 4 is 12.0 Å². The van der Waals surface area contributed by atoms with Crippen LogP contribution in [0.15, 0.2) is 18.3 Å². The van der Waals surface area contributed by atoms with Crippen molar-refractivity contribution in [1.82, 2.24) is 15.2 Å². The Morgan fingerprint density at radius 1 is 1.48 bits per heavy atom. The molecule has 0 aliphatic carbocycles. The number of aromatic nitrogens is 1. The number of carbonyl (C=O) groups excluding carboxylic acids is 1. The molecule has 1 rings (SSSR count). The van der Waals surface area contributed by atoms with E-state index in [0.717, 1.165) is 5.56 Å². The van der Waals surface area contributed by atoms with E-state index in [2.05, 4.69) is 10.3 Å². The lowest BCUT2D eigenvalue weighted by molar-refractivity contribution is -0.137. The second-order valence-corrected chi connectivity index (χ2v) is 4.89. The van der Waals surface area contributed by atoms with Crippen molar-refractivity contribution in [3.63, 3.8) is 0 Å². The zero-order chi connectivity index (χ0) is 15.8. The molecule has 0 fully saturated rings. The zero-order valence-corrected chi connectivity index (χ0v) is 12.5. The van der Waals surface area contributed by atoms with E-state index in [9.17, 15) is 9.59 Å². The first-order chi connectivity index (χ1) is 9.88. The molecule has 7 nitrogen and oxygen atoms in total. The highest BCUT2D eigenvalue weighted by Gasteiger charge is 2.10. The second kappa shape index (κ2) is 8.08. The average Bonchev–Trinajstić information content (AvgIpc) is 2.41. The van der Waals surface area contributed by atoms with Crippen molar-refractivity contribution in [3.8, 4) is 5.88 Å². The Morgan fingerprint density at radius 3 is 2.81 bits per heavy atom. The number of ether oxygens (including phenoxy) is 1. The van der Waals surface area contributed by atoms with Gasteiger partial charge in [-0.3, -0.25) is 4.79 Å². The molecule has 0 unspecified atom stereocenters. The van der Waals surface area contributed by atoms with Crippen molar-refractivity contribution in [2.24, 2.45) is 0 Å². The van der Waals surface area contributed by atoms with Crippen LogP contribution in [0.3, 0.4) is 0 Å². The maximum atomic E-state index is 11.8. The Labute approximate surface area is 123 Å². The predicted molar refractivity (Wildman–Crippen MR) is 77.1 cm³/mol. The summed E-state index contributed by atoms with van der Waals surface area (Å²) in [6, 6.07) is 3.22. The molecule has 0 atom stereocenters. The molecule has 7 heteroatoms. The molecule has 0 aromatic carbocycles. The fourth-order valence-corrected chi connectivity index (χ4v) is 1.54. The topological polar surface area (TPSA) is 91.8 Å². The summed E-state index contributed by atoms with van der Waals surface area (Å²) in [5, 5.41) is 11.3. The normalized spacial score (nSPS) is 10.3. The van der Waals surface area contributed by atoms with E-state index in [-0.39, 0.29) is 25.1 Å². The molecule has 2 amide bonds. The summed E-state index contributed by atoms with van der Waals surface area (Å²) in [5.74, 6) is -0.421. The van der Waals surface area contributed by atoms with Crippen LogP contribution < -0.4 is 10.1 Å². The Kier molecular flexibility index (Phi) is 6.45. The smallest absolute Gasteiger partial charge is 0.317 e. The minimum absolute atomic E-state index is 0.0319. The molecule has 2 N–H and O–H groups in total. The number of pyridine rings is 1. The van der Waals surface area contributed by atoms with Crippen LogP contribution in [-0.4, -0.2) is 46.7 Å². The minimum atomic E-state index is -0.931. The molecule has 0 radical (unpaired) electrons. The molecular formula is C14H21N3O4. The number of carboxylic acid groups (broad SMARTS) is 1. The first-order valence-corrected chi connectivity index (χ1v) is 6.71. The van der Waals surface area contributed by atoms with E-state index in [1.54, 1.807) is 25.4 Å². The second-order valence-electron chi connectivity index (χ2n) is 4.89. The quantitative estimate of drug-likeness (QED) is 0.795. The summed E-state index contributed by atoms with van der Waals surface area (Å²) in [5.41, 5.74) is 0.862. The van der Waals surface area contributed by atoms with Gasteiger partial charge in [0.1, 0.15) is 0 Å². The highest BCUT2D eigenvalue weighted by Crippen LogP contribution is 2.11. The summed E-state index contributed by atoms with van der Waals surface area (Å²) >= 11 is 0. The molecule has 21 heavy (non-hydrogen) atoms. The molecule has 1 aromatic heterocycles. The van der Waals surface area contributed by atoms with Crippen LogP contribution in [0.25, 0.3) is 0 Å². The van der Waals surface area contributed by atoms with E-state index >= 15 is 0 Å². The van der Waals surface area contributed by atoms with Gasteiger partial charge in [0.15, 0.2) is 0 Å². The van der Waals surface area contributed by atoms with Crippen LogP contribution in [0.2, 0.25) is 0 Å². The van der Waals surface area contributed by atoms with Gasteiger partial charge in [-0.05, 0) is 25.5 Å². The monoisotopic (exact) mass is 295 g/mol. The predicted octanol–water partition coefficient (Wildman–Crippen LogP) is 1.48. The molecule has 0 aliphatic rings. The number of carbonyl (C=O) groups is 2. The molecule has 0 aliphatic heterocycles. The van der Waals surface area contributed by atoms with Gasteiger partial charge in [-0.2, -0.15) is 0 Å². The Bertz CT molecular complexity index is 491. The third-order valence-electron chi connectivity index (χ3n) is 2.61. The summed E-state index contributed by atoms with van der Waals surface area (Å²) < 4.78 is 5.47. The molecule has 0 spiro atoms. The van der Waals surface area contributed by atoms with Crippen molar-refractivity contribution < 1.29 is 19.4 Å². The van der Waals surface area contributed by atoms with Gasteiger partial charge >= 0.3 is 12.0 Å². The van der Waals surface area contributed by atoms with Crippen LogP contribution in [0, 0.1) is 0 Å². The van der Waals surface area contributed by atoms with E-state index in [1.165, 1.54) is 4.90 Å². The zero-order valence-electron chi connectivity index (χ0n) is 12.5. The van der Waals surface area contributed by atoms with Crippen molar-refractivity contribution in [2.75, 3.05) is 13.6 Å². The van der Waals surface area contributed by atoms with Crippen molar-refractivity contribution in [1.29, 1.82) is 0 Å². The van der Waals surface area contributed by atoms with Crippen LogP contribution >= 0.6 is 0 Å². The van der Waals surface area contributed by atoms with E-state index in [1.807, 2.05) is 13.8 Å². The highest BCUT2D eigenvalue weighted by atomic mass is 16.5. The van der Waals surface area contributed by atoms with Crippen LogP contribution in [0.4, 0.5) is 4.79 Å². The van der Waals surface area contributed by atoms with Crippen molar-refractivity contribution in [2.45, 2.75) is 32.9 Å². The number of aliphatic carboxylic acids is 1. The maximum absolute atomic E-state index is 11.8. The number of hydrogen-bond donors (Lipinski definition) is 2. The number of rotatable bonds is 7. The summed E-state index contributed by atoms with van der Waals surface area (Å²) in [4.78, 5) is 27.6. The highest BCUT2D eigenvalue weighted by molar-refractivity contribution is 5.75. The number of urea groups is 1. The largest absolute Gasteiger partial charge is 0.481 e. The van der Waals surface area contributed by atoms with E-state index < -0.39 is 5.97 Å². The number of hydrogen-bond acceptors (Lipinski definition) is 4. The van der Waals surface area contributed by atoms with Crippen molar-refractivity contribution in [3.05, 3.63) is 23.9 Å². The third kappa shape index (κ3) is 6.60. The van der Waals surface area contributed by atoms with Gasteiger partial charge in [-0.25, -0.2) is 9.78 Å². The van der Waals surface area contributed by atoms with Gasteiger partial charge in [-0.15, -0.1) is 0 Å². The van der Waals surface area contributed by atoms with E-state index in [0.29, 0.717) is 12.4 Å². The van der Waals surface area contributed by atoms with Gasteiger partial charge in [0.05, 0.1) is 12.5 Å². The standard InChI is InChI=1S/C14H21N3O4/c1-10(2)21-12-8-11(4-6-15-12)9-16-14(20)17(3)7-5-13(18)19/h4,6,8,10H,5,7,9H2,1-3H3,(H,16,20)(H,18,19). The Morgan fingerprint density at radius 2 is 2.19 bits per heavy atom. The van der Waals surface area contributed by atoms with Gasteiger partial charge in [-0.1, -0.05) is 0 Å². The Balaban J connectivity index is 2.47. The SMILES string of the molecule is CC(C)Oc1cc(CNC(=O)N(C)CCC(=O)O)ccn1. The molecule has 0 saturated heterocycles. The molecule has 1 aromatic rings. The van der Waals surface area contributed by atoms with Crippen LogP contribution in [0.5, 0.6) is 5.88 Å². The molecule has 116 valence electrons. The first-order valence-electron chi connectivity index (χ1n) is 6.71. The molecule has 0 saturated carbocycles. The first kappa shape index (κ1) is 16.7. The molecular weight excluding hydrogens is 274 g/mol. The number of carboxylic acids is 1. The maximum Gasteiger partial charge on any atom is 0.317 e.